The number of hydrogen-bond donors (Lipinski definition) is 1. The van der Waals surface area contributed by atoms with Crippen LogP contribution in [0.3, 0.4) is 0 Å². The summed E-state index contributed by atoms with van der Waals surface area (Å²) in [7, 11) is 0. The molecule has 0 saturated heterocycles. The molecule has 0 amide bonds. The number of halogens is 3. The van der Waals surface area contributed by atoms with Gasteiger partial charge in [0.25, 0.3) is 0 Å². The van der Waals surface area contributed by atoms with Crippen LogP contribution in [-0.4, -0.2) is 17.4 Å². The fourth-order valence-electron chi connectivity index (χ4n) is 9.06. The highest BCUT2D eigenvalue weighted by atomic mass is 19.4. The van der Waals surface area contributed by atoms with Crippen LogP contribution in [0.4, 0.5) is 13.2 Å². The molecule has 0 radical (unpaired) electrons. The molecule has 168 valence electrons. The van der Waals surface area contributed by atoms with Crippen molar-refractivity contribution in [1.29, 1.82) is 0 Å². The summed E-state index contributed by atoms with van der Waals surface area (Å²) in [5.74, 6) is 2.07. The van der Waals surface area contributed by atoms with Crippen molar-refractivity contribution < 1.29 is 18.3 Å². The first kappa shape index (κ1) is 22.0. The van der Waals surface area contributed by atoms with Gasteiger partial charge in [-0.1, -0.05) is 34.6 Å². The lowest BCUT2D eigenvalue weighted by Crippen LogP contribution is -2.55. The maximum atomic E-state index is 13.2. The van der Waals surface area contributed by atoms with Gasteiger partial charge in [0.15, 0.2) is 6.10 Å². The number of aliphatic hydroxyl groups excluding tert-OH is 1. The van der Waals surface area contributed by atoms with Gasteiger partial charge in [0, 0.05) is 0 Å². The van der Waals surface area contributed by atoms with Crippen molar-refractivity contribution in [2.45, 2.75) is 105 Å². The predicted octanol–water partition coefficient (Wildman–Crippen LogP) is 7.23. The van der Waals surface area contributed by atoms with Crippen LogP contribution in [0.25, 0.3) is 0 Å². The Hall–Kier alpha value is -0.250. The Morgan fingerprint density at radius 3 is 2.14 bits per heavy atom. The molecule has 0 heterocycles. The lowest BCUT2D eigenvalue weighted by molar-refractivity contribution is -0.228. The van der Waals surface area contributed by atoms with Crippen molar-refractivity contribution in [2.24, 2.45) is 51.8 Å². The highest BCUT2D eigenvalue weighted by molar-refractivity contribution is 5.10. The maximum absolute atomic E-state index is 13.2. The summed E-state index contributed by atoms with van der Waals surface area (Å²) in [4.78, 5) is 0. The Morgan fingerprint density at radius 2 is 1.48 bits per heavy atom. The van der Waals surface area contributed by atoms with Crippen LogP contribution in [-0.2, 0) is 0 Å². The fraction of sp³-hybridized carbons (Fsp3) is 1.00. The zero-order chi connectivity index (χ0) is 21.4. The molecular weight excluding hydrogens is 373 g/mol. The summed E-state index contributed by atoms with van der Waals surface area (Å²) < 4.78 is 39.7. The van der Waals surface area contributed by atoms with E-state index in [2.05, 4.69) is 27.7 Å². The normalized spacial score (nSPS) is 48.9. The first-order chi connectivity index (χ1) is 13.3. The largest absolute Gasteiger partial charge is 0.414 e. The lowest BCUT2D eigenvalue weighted by Gasteiger charge is -2.62. The molecule has 0 aromatic rings. The molecule has 4 aliphatic carbocycles. The average Bonchev–Trinajstić information content (AvgIpc) is 2.97. The van der Waals surface area contributed by atoms with Crippen LogP contribution in [0.1, 0.15) is 92.4 Å². The number of alkyl halides is 3. The minimum absolute atomic E-state index is 0.0131. The van der Waals surface area contributed by atoms with E-state index in [0.29, 0.717) is 22.7 Å². The molecule has 4 rings (SSSR count). The Kier molecular flexibility index (Phi) is 5.21. The molecule has 4 saturated carbocycles. The van der Waals surface area contributed by atoms with E-state index in [9.17, 15) is 18.3 Å². The van der Waals surface area contributed by atoms with E-state index in [0.717, 1.165) is 31.1 Å². The van der Waals surface area contributed by atoms with Gasteiger partial charge >= 0.3 is 6.18 Å². The second-order valence-electron chi connectivity index (χ2n) is 12.6. The third-order valence-corrected chi connectivity index (χ3v) is 10.7. The maximum Gasteiger partial charge on any atom is 0.414 e. The van der Waals surface area contributed by atoms with Crippen LogP contribution in [0.15, 0.2) is 0 Å². The Morgan fingerprint density at radius 1 is 0.828 bits per heavy atom. The van der Waals surface area contributed by atoms with Crippen molar-refractivity contribution in [3.05, 3.63) is 0 Å². The zero-order valence-corrected chi connectivity index (χ0v) is 19.0. The van der Waals surface area contributed by atoms with Gasteiger partial charge in [0.1, 0.15) is 0 Å². The SMILES string of the molecule is C[C@H]([C@@H](O)C(F)(F)F)[C@H]1CC[C@H]2[C@@H]3CC[C@@H]4CC(C)(C)CC[C@]4(C)[C@H]3CC[C@]12C. The van der Waals surface area contributed by atoms with Gasteiger partial charge in [-0.05, 0) is 110 Å². The van der Waals surface area contributed by atoms with E-state index in [1.165, 1.54) is 38.5 Å². The third-order valence-electron chi connectivity index (χ3n) is 10.7. The Labute approximate surface area is 175 Å². The number of rotatable bonds is 2. The summed E-state index contributed by atoms with van der Waals surface area (Å²) in [5, 5.41) is 9.97. The molecule has 0 spiro atoms. The van der Waals surface area contributed by atoms with Gasteiger partial charge in [0.2, 0.25) is 0 Å². The van der Waals surface area contributed by atoms with E-state index in [4.69, 9.17) is 0 Å². The van der Waals surface area contributed by atoms with E-state index >= 15 is 0 Å². The van der Waals surface area contributed by atoms with Gasteiger partial charge in [-0.3, -0.25) is 0 Å². The average molecular weight is 415 g/mol. The molecule has 0 aromatic heterocycles. The Balaban J connectivity index is 1.55. The number of hydrogen-bond acceptors (Lipinski definition) is 1. The molecule has 1 N–H and O–H groups in total. The molecule has 0 unspecified atom stereocenters. The summed E-state index contributed by atoms with van der Waals surface area (Å²) in [6.45, 7) is 11.3. The topological polar surface area (TPSA) is 20.2 Å². The molecule has 4 fully saturated rings. The highest BCUT2D eigenvalue weighted by Crippen LogP contribution is 2.69. The first-order valence-corrected chi connectivity index (χ1v) is 12.0. The zero-order valence-electron chi connectivity index (χ0n) is 19.0. The molecule has 29 heavy (non-hydrogen) atoms. The monoisotopic (exact) mass is 414 g/mol. The van der Waals surface area contributed by atoms with Crippen molar-refractivity contribution in [3.8, 4) is 0 Å². The summed E-state index contributed by atoms with van der Waals surface area (Å²) >= 11 is 0. The summed E-state index contributed by atoms with van der Waals surface area (Å²) in [6.07, 6.45) is 3.98. The third kappa shape index (κ3) is 3.38. The number of aliphatic hydroxyl groups is 1. The summed E-state index contributed by atoms with van der Waals surface area (Å²) in [5.41, 5.74) is 0.848. The van der Waals surface area contributed by atoms with Crippen molar-refractivity contribution in [1.82, 2.24) is 0 Å². The van der Waals surface area contributed by atoms with E-state index in [1.807, 2.05) is 0 Å². The van der Waals surface area contributed by atoms with Crippen LogP contribution in [0.2, 0.25) is 0 Å². The number of fused-ring (bicyclic) bond motifs is 5. The van der Waals surface area contributed by atoms with Crippen LogP contribution >= 0.6 is 0 Å². The molecule has 0 bridgehead atoms. The molecule has 4 aliphatic rings. The van der Waals surface area contributed by atoms with Crippen LogP contribution in [0.5, 0.6) is 0 Å². The quantitative estimate of drug-likeness (QED) is 0.505. The fourth-order valence-corrected chi connectivity index (χ4v) is 9.06. The summed E-state index contributed by atoms with van der Waals surface area (Å²) in [6, 6.07) is 0. The molecule has 0 aromatic carbocycles. The molecule has 1 nitrogen and oxygen atoms in total. The predicted molar refractivity (Wildman–Crippen MR) is 110 cm³/mol. The second kappa shape index (κ2) is 6.87. The molecule has 0 aliphatic heterocycles. The van der Waals surface area contributed by atoms with E-state index in [-0.39, 0.29) is 11.3 Å². The van der Waals surface area contributed by atoms with Gasteiger partial charge in [-0.2, -0.15) is 13.2 Å². The van der Waals surface area contributed by atoms with Crippen LogP contribution in [0, 0.1) is 51.8 Å². The smallest absolute Gasteiger partial charge is 0.383 e. The van der Waals surface area contributed by atoms with Gasteiger partial charge < -0.3 is 5.11 Å². The Bertz CT molecular complexity index is 628. The first-order valence-electron chi connectivity index (χ1n) is 12.0. The van der Waals surface area contributed by atoms with E-state index in [1.54, 1.807) is 6.92 Å². The minimum Gasteiger partial charge on any atom is -0.383 e. The standard InChI is InChI=1S/C25H41F3O/c1-15(21(29)25(26,27)28)18-8-9-19-17-7-6-16-14-22(2,3)12-13-23(16,4)20(17)10-11-24(18,19)5/h15-21,29H,6-14H2,1-5H3/t15-,16+,17-,18+,19-,20-,21+,23-,24+/m0/s1. The van der Waals surface area contributed by atoms with Crippen LogP contribution < -0.4 is 0 Å². The second-order valence-corrected chi connectivity index (χ2v) is 12.6. The lowest BCUT2D eigenvalue weighted by atomic mass is 9.43. The molecule has 9 atom stereocenters. The van der Waals surface area contributed by atoms with Crippen molar-refractivity contribution in [3.63, 3.8) is 0 Å². The van der Waals surface area contributed by atoms with Gasteiger partial charge in [-0.25, -0.2) is 0 Å². The van der Waals surface area contributed by atoms with Crippen molar-refractivity contribution in [2.75, 3.05) is 0 Å². The highest BCUT2D eigenvalue weighted by Gasteiger charge is 2.62. The molecule has 4 heteroatoms. The van der Waals surface area contributed by atoms with Gasteiger partial charge in [0.05, 0.1) is 0 Å². The van der Waals surface area contributed by atoms with E-state index < -0.39 is 18.2 Å². The van der Waals surface area contributed by atoms with Gasteiger partial charge in [-0.15, -0.1) is 0 Å². The molecular formula is C25H41F3O. The minimum atomic E-state index is -4.51. The van der Waals surface area contributed by atoms with Crippen molar-refractivity contribution >= 4 is 0 Å².